The van der Waals surface area contributed by atoms with Crippen LogP contribution in [0.3, 0.4) is 0 Å². The molecule has 1 saturated carbocycles. The minimum Gasteiger partial charge on any atom is -0.351 e. The van der Waals surface area contributed by atoms with Crippen molar-refractivity contribution < 1.29 is 26.7 Å². The third-order valence-electron chi connectivity index (χ3n) is 6.40. The van der Waals surface area contributed by atoms with Crippen LogP contribution in [0.4, 0.5) is 27.9 Å². The van der Waals surface area contributed by atoms with Crippen molar-refractivity contribution in [1.29, 1.82) is 0 Å². The zero-order valence-corrected chi connectivity index (χ0v) is 19.0. The van der Waals surface area contributed by atoms with E-state index in [0.717, 1.165) is 6.92 Å². The fourth-order valence-electron chi connectivity index (χ4n) is 4.26. The first-order chi connectivity index (χ1) is 17.0. The summed E-state index contributed by atoms with van der Waals surface area (Å²) in [6.07, 6.45) is 1.87. The largest absolute Gasteiger partial charge is 0.408 e. The van der Waals surface area contributed by atoms with Crippen LogP contribution in [0.15, 0.2) is 36.9 Å². The van der Waals surface area contributed by atoms with Crippen molar-refractivity contribution in [2.45, 2.75) is 56.8 Å². The van der Waals surface area contributed by atoms with Crippen LogP contribution in [0.2, 0.25) is 0 Å². The number of carbonyl (C=O) groups is 1. The number of rotatable bonds is 5. The molecule has 1 fully saturated rings. The monoisotopic (exact) mass is 507 g/mol. The molecule has 0 aromatic carbocycles. The Morgan fingerprint density at radius 2 is 2.00 bits per heavy atom. The van der Waals surface area contributed by atoms with E-state index in [1.54, 1.807) is 30.7 Å². The van der Waals surface area contributed by atoms with Crippen LogP contribution in [0.1, 0.15) is 43.0 Å². The molecule has 13 heteroatoms. The maximum Gasteiger partial charge on any atom is 0.408 e. The number of amides is 1. The van der Waals surface area contributed by atoms with Crippen LogP contribution >= 0.6 is 0 Å². The van der Waals surface area contributed by atoms with Crippen molar-refractivity contribution in [3.63, 3.8) is 0 Å². The molecule has 4 aromatic heterocycles. The van der Waals surface area contributed by atoms with E-state index in [-0.39, 0.29) is 24.4 Å². The number of hydrogen-bond acceptors (Lipinski definition) is 5. The quantitative estimate of drug-likeness (QED) is 0.332. The van der Waals surface area contributed by atoms with Gasteiger partial charge in [0.05, 0.1) is 17.3 Å². The van der Waals surface area contributed by atoms with E-state index in [0.29, 0.717) is 46.5 Å². The molecule has 0 spiro atoms. The molecule has 3 N–H and O–H groups in total. The number of halogens is 5. The van der Waals surface area contributed by atoms with E-state index in [4.69, 9.17) is 0 Å². The first kappa shape index (κ1) is 23.9. The molecule has 5 rings (SSSR count). The molecule has 36 heavy (non-hydrogen) atoms. The summed E-state index contributed by atoms with van der Waals surface area (Å²) in [6.45, 7) is 0.869. The number of nitrogens with one attached hydrogen (secondary N) is 3. The molecule has 0 unspecified atom stereocenters. The minimum absolute atomic E-state index is 0.00795. The van der Waals surface area contributed by atoms with Crippen LogP contribution in [0.5, 0.6) is 0 Å². The minimum atomic E-state index is -4.57. The maximum absolute atomic E-state index is 13.4. The highest BCUT2D eigenvalue weighted by Crippen LogP contribution is 2.34. The zero-order valence-electron chi connectivity index (χ0n) is 19.0. The van der Waals surface area contributed by atoms with Gasteiger partial charge in [0.2, 0.25) is 11.9 Å². The number of anilines is 1. The molecule has 1 amide bonds. The summed E-state index contributed by atoms with van der Waals surface area (Å²) >= 11 is 0. The Bertz CT molecular complexity index is 1420. The molecular weight excluding hydrogens is 485 g/mol. The lowest BCUT2D eigenvalue weighted by Crippen LogP contribution is -2.43. The summed E-state index contributed by atoms with van der Waals surface area (Å²) in [5.41, 5.74) is 2.25. The second kappa shape index (κ2) is 8.71. The van der Waals surface area contributed by atoms with Crippen LogP contribution in [-0.4, -0.2) is 54.7 Å². The fraction of sp³-hybridized carbons (Fsp3) is 0.391. The molecule has 0 aliphatic heterocycles. The Balaban J connectivity index is 1.39. The maximum atomic E-state index is 13.4. The van der Waals surface area contributed by atoms with Crippen molar-refractivity contribution >= 4 is 28.4 Å². The topological polar surface area (TPSA) is 100 Å². The highest BCUT2D eigenvalue weighted by atomic mass is 19.4. The predicted octanol–water partition coefficient (Wildman–Crippen LogP) is 4.94. The van der Waals surface area contributed by atoms with Gasteiger partial charge >= 0.3 is 6.18 Å². The second-order valence-corrected chi connectivity index (χ2v) is 8.97. The van der Waals surface area contributed by atoms with Gasteiger partial charge in [0.25, 0.3) is 5.91 Å². The van der Waals surface area contributed by atoms with E-state index in [2.05, 4.69) is 25.4 Å². The number of aromatic amines is 1. The van der Waals surface area contributed by atoms with Crippen LogP contribution < -0.4 is 10.6 Å². The zero-order chi connectivity index (χ0) is 25.7. The molecule has 4 aromatic rings. The van der Waals surface area contributed by atoms with E-state index >= 15 is 0 Å². The van der Waals surface area contributed by atoms with Gasteiger partial charge in [0.15, 0.2) is 0 Å². The third kappa shape index (κ3) is 4.69. The number of pyridine rings is 1. The third-order valence-corrected chi connectivity index (χ3v) is 6.40. The SMILES string of the molecule is C[C@@H](NC(=O)c1cnn2ccc(-c3c[nH]c4nc(NC5CCC(F)(F)CC5)ncc34)cc12)C(F)(F)F. The smallest absolute Gasteiger partial charge is 0.351 e. The summed E-state index contributed by atoms with van der Waals surface area (Å²) in [7, 11) is 0. The number of H-pyrrole nitrogens is 1. The lowest BCUT2D eigenvalue weighted by molar-refractivity contribution is -0.149. The van der Waals surface area contributed by atoms with Crippen molar-refractivity contribution in [2.75, 3.05) is 5.32 Å². The highest BCUT2D eigenvalue weighted by Gasteiger charge is 2.37. The van der Waals surface area contributed by atoms with Gasteiger partial charge in [-0.25, -0.2) is 18.3 Å². The molecule has 0 radical (unpaired) electrons. The van der Waals surface area contributed by atoms with Crippen molar-refractivity contribution in [3.05, 3.63) is 42.5 Å². The Morgan fingerprint density at radius 3 is 2.72 bits per heavy atom. The van der Waals surface area contributed by atoms with Crippen molar-refractivity contribution in [3.8, 4) is 11.1 Å². The van der Waals surface area contributed by atoms with Crippen LogP contribution in [0, 0.1) is 0 Å². The first-order valence-corrected chi connectivity index (χ1v) is 11.3. The molecule has 1 atom stereocenters. The van der Waals surface area contributed by atoms with Gasteiger partial charge in [-0.05, 0) is 37.5 Å². The molecular formula is C23H22F5N7O. The summed E-state index contributed by atoms with van der Waals surface area (Å²) in [4.78, 5) is 24.3. The van der Waals surface area contributed by atoms with Gasteiger partial charge in [-0.1, -0.05) is 0 Å². The van der Waals surface area contributed by atoms with Crippen LogP contribution in [-0.2, 0) is 0 Å². The highest BCUT2D eigenvalue weighted by molar-refractivity contribution is 6.02. The van der Waals surface area contributed by atoms with Crippen molar-refractivity contribution in [2.24, 2.45) is 0 Å². The Labute approximate surface area is 201 Å². The van der Waals surface area contributed by atoms with Crippen molar-refractivity contribution in [1.82, 2.24) is 29.9 Å². The first-order valence-electron chi connectivity index (χ1n) is 11.3. The van der Waals surface area contributed by atoms with E-state index in [1.807, 2.05) is 5.32 Å². The molecule has 0 saturated heterocycles. The molecule has 1 aliphatic carbocycles. The second-order valence-electron chi connectivity index (χ2n) is 8.97. The van der Waals surface area contributed by atoms with Gasteiger partial charge in [0, 0.05) is 48.4 Å². The number of fused-ring (bicyclic) bond motifs is 2. The van der Waals surface area contributed by atoms with E-state index < -0.39 is 24.0 Å². The van der Waals surface area contributed by atoms with Gasteiger partial charge in [0.1, 0.15) is 11.7 Å². The van der Waals surface area contributed by atoms with Crippen LogP contribution in [0.25, 0.3) is 27.7 Å². The summed E-state index contributed by atoms with van der Waals surface area (Å²) in [5.74, 6) is -3.18. The normalized spacial score (nSPS) is 17.4. The lowest BCUT2D eigenvalue weighted by Gasteiger charge is -2.28. The summed E-state index contributed by atoms with van der Waals surface area (Å²) < 4.78 is 66.8. The standard InChI is InChI=1S/C23H22F5N7O/c1-12(23(26,27)28)32-20(36)17-11-31-35-7-4-13(8-18(17)35)15-9-29-19-16(15)10-30-21(34-19)33-14-2-5-22(24,25)6-3-14/h4,7-12,14H,2-3,5-6H2,1H3,(H,32,36)(H2,29,30,33,34)/t12-/m1/s1. The molecule has 190 valence electrons. The number of hydrogen-bond donors (Lipinski definition) is 3. The average Bonchev–Trinajstić information content (AvgIpc) is 3.43. The van der Waals surface area contributed by atoms with E-state index in [1.165, 1.54) is 10.7 Å². The van der Waals surface area contributed by atoms with Gasteiger partial charge in [-0.2, -0.15) is 23.3 Å². The average molecular weight is 507 g/mol. The summed E-state index contributed by atoms with van der Waals surface area (Å²) in [6, 6.07) is 1.25. The fourth-order valence-corrected chi connectivity index (χ4v) is 4.26. The molecule has 1 aliphatic rings. The lowest BCUT2D eigenvalue weighted by atomic mass is 9.92. The van der Waals surface area contributed by atoms with Gasteiger partial charge in [-0.3, -0.25) is 4.79 Å². The number of carbonyl (C=O) groups excluding carboxylic acids is 1. The molecule has 8 nitrogen and oxygen atoms in total. The molecule has 0 bridgehead atoms. The Hall–Kier alpha value is -3.77. The Morgan fingerprint density at radius 1 is 1.25 bits per heavy atom. The van der Waals surface area contributed by atoms with E-state index in [9.17, 15) is 26.7 Å². The Kier molecular flexibility index (Phi) is 5.80. The number of aromatic nitrogens is 5. The van der Waals surface area contributed by atoms with Gasteiger partial charge < -0.3 is 15.6 Å². The predicted molar refractivity (Wildman–Crippen MR) is 122 cm³/mol. The number of alkyl halides is 5. The molecule has 4 heterocycles. The number of nitrogens with zero attached hydrogens (tertiary/aromatic N) is 4. The van der Waals surface area contributed by atoms with Gasteiger partial charge in [-0.15, -0.1) is 0 Å². The summed E-state index contributed by atoms with van der Waals surface area (Å²) in [5, 5.41) is 9.80.